The van der Waals surface area contributed by atoms with E-state index in [1.165, 1.54) is 21.5 Å². The fraction of sp³-hybridized carbons (Fsp3) is 1.00. The first kappa shape index (κ1) is 8.25. The van der Waals surface area contributed by atoms with Crippen molar-refractivity contribution in [3.63, 3.8) is 0 Å². The predicted octanol–water partition coefficient (Wildman–Crippen LogP) is 2.37. The zero-order valence-corrected chi connectivity index (χ0v) is 8.49. The third-order valence-corrected chi connectivity index (χ3v) is 3.46. The summed E-state index contributed by atoms with van der Waals surface area (Å²) < 4.78 is 1.35. The quantitative estimate of drug-likeness (QED) is 0.320. The molecule has 0 radical (unpaired) electrons. The van der Waals surface area contributed by atoms with Crippen LogP contribution in [0.5, 0.6) is 0 Å². The van der Waals surface area contributed by atoms with E-state index in [1.807, 2.05) is 0 Å². The molecule has 0 heterocycles. The van der Waals surface area contributed by atoms with Gasteiger partial charge in [0.2, 0.25) is 0 Å². The van der Waals surface area contributed by atoms with E-state index in [-0.39, 0.29) is 0 Å². The molecule has 0 bridgehead atoms. The number of alkyl halides is 1. The van der Waals surface area contributed by atoms with Gasteiger partial charge < -0.3 is 0 Å². The van der Waals surface area contributed by atoms with Crippen molar-refractivity contribution in [2.75, 3.05) is 4.43 Å². The molecule has 0 aromatic heterocycles. The van der Waals surface area contributed by atoms with E-state index >= 15 is 0 Å². The Morgan fingerprint density at radius 2 is 2.29 bits per heavy atom. The number of hydrogen-bond donors (Lipinski definition) is 0. The van der Waals surface area contributed by atoms with Gasteiger partial charge in [0.25, 0.3) is 0 Å². The Bertz CT molecular complexity index is 27.3. The van der Waals surface area contributed by atoms with Crippen LogP contribution in [0, 0.1) is 0 Å². The molecule has 0 unspecified atom stereocenters. The van der Waals surface area contributed by atoms with Gasteiger partial charge in [-0.05, 0) is 0 Å². The summed E-state index contributed by atoms with van der Waals surface area (Å²) in [5.74, 6) is 0. The van der Waals surface area contributed by atoms with Crippen LogP contribution in [0.2, 0.25) is 10.6 Å². The maximum atomic E-state index is 2.44. The molecule has 0 rings (SSSR count). The monoisotopic (exact) mass is 278 g/mol. The van der Waals surface area contributed by atoms with Gasteiger partial charge in [-0.15, -0.1) is 0 Å². The van der Waals surface area contributed by atoms with Crippen molar-refractivity contribution in [1.82, 2.24) is 0 Å². The molecule has 0 nitrogen and oxygen atoms in total. The Kier molecular flexibility index (Phi) is 8.54. The summed E-state index contributed by atoms with van der Waals surface area (Å²) in [7, 11) is 0. The first-order valence-electron chi connectivity index (χ1n) is 2.55. The molecular formula is C5H11ISe. The van der Waals surface area contributed by atoms with E-state index in [2.05, 4.69) is 29.5 Å². The van der Waals surface area contributed by atoms with Gasteiger partial charge in [0, 0.05) is 0 Å². The molecule has 2 heteroatoms. The molecule has 7 heavy (non-hydrogen) atoms. The summed E-state index contributed by atoms with van der Waals surface area (Å²) in [5.41, 5.74) is 0. The van der Waals surface area contributed by atoms with E-state index < -0.39 is 0 Å². The molecular weight excluding hydrogens is 266 g/mol. The van der Waals surface area contributed by atoms with Crippen LogP contribution >= 0.6 is 22.6 Å². The summed E-state index contributed by atoms with van der Waals surface area (Å²) in [5, 5.41) is 2.91. The van der Waals surface area contributed by atoms with Gasteiger partial charge in [-0.3, -0.25) is 0 Å². The zero-order chi connectivity index (χ0) is 5.54. The van der Waals surface area contributed by atoms with Crippen LogP contribution in [0.25, 0.3) is 0 Å². The fourth-order valence-electron chi connectivity index (χ4n) is 0.301. The van der Waals surface area contributed by atoms with Crippen molar-refractivity contribution < 1.29 is 0 Å². The summed E-state index contributed by atoms with van der Waals surface area (Å²) >= 11 is 3.40. The molecule has 0 saturated heterocycles. The minimum absolute atomic E-state index is 0.963. The maximum absolute atomic E-state index is 2.44. The van der Waals surface area contributed by atoms with Crippen molar-refractivity contribution in [1.29, 1.82) is 0 Å². The second-order valence-corrected chi connectivity index (χ2v) is 5.24. The van der Waals surface area contributed by atoms with E-state index in [4.69, 9.17) is 0 Å². The average Bonchev–Trinajstić information content (AvgIpc) is 1.69. The van der Waals surface area contributed by atoms with Gasteiger partial charge in [-0.25, -0.2) is 0 Å². The number of halogens is 1. The van der Waals surface area contributed by atoms with Crippen LogP contribution in [-0.4, -0.2) is 19.4 Å². The third-order valence-electron chi connectivity index (χ3n) is 0.626. The summed E-state index contributed by atoms with van der Waals surface area (Å²) in [6, 6.07) is 0. The fourth-order valence-corrected chi connectivity index (χ4v) is 3.18. The summed E-state index contributed by atoms with van der Waals surface area (Å²) in [4.78, 5) is 0. The van der Waals surface area contributed by atoms with E-state index in [0.29, 0.717) is 0 Å². The summed E-state index contributed by atoms with van der Waals surface area (Å²) in [6.45, 7) is 2.27. The van der Waals surface area contributed by atoms with Crippen molar-refractivity contribution >= 4 is 37.5 Å². The molecule has 0 aliphatic carbocycles. The molecule has 0 N–H and O–H groups in total. The molecule has 0 saturated carbocycles. The van der Waals surface area contributed by atoms with Crippen LogP contribution < -0.4 is 0 Å². The van der Waals surface area contributed by atoms with Gasteiger partial charge in [0.1, 0.15) is 0 Å². The van der Waals surface area contributed by atoms with E-state index in [0.717, 1.165) is 15.0 Å². The van der Waals surface area contributed by atoms with Gasteiger partial charge in [0.05, 0.1) is 0 Å². The first-order chi connectivity index (χ1) is 3.41. The number of hydrogen-bond acceptors (Lipinski definition) is 0. The molecule has 0 aromatic rings. The molecule has 0 atom stereocenters. The van der Waals surface area contributed by atoms with Gasteiger partial charge in [-0.2, -0.15) is 0 Å². The Morgan fingerprint density at radius 3 is 2.71 bits per heavy atom. The molecule has 0 amide bonds. The summed E-state index contributed by atoms with van der Waals surface area (Å²) in [6.07, 6.45) is 1.44. The Morgan fingerprint density at radius 1 is 1.57 bits per heavy atom. The Labute approximate surface area is 65.7 Å². The normalized spacial score (nSPS) is 9.43. The standard InChI is InChI=1S/C5H11ISe/c1-2-7-5-3-4-6/h2-5H2,1H3. The van der Waals surface area contributed by atoms with Crippen molar-refractivity contribution in [3.8, 4) is 0 Å². The Hall–Kier alpha value is 1.25. The molecule has 0 aliphatic rings. The van der Waals surface area contributed by atoms with Crippen molar-refractivity contribution in [3.05, 3.63) is 0 Å². The van der Waals surface area contributed by atoms with Crippen molar-refractivity contribution in [2.45, 2.75) is 24.0 Å². The van der Waals surface area contributed by atoms with Gasteiger partial charge in [0.15, 0.2) is 0 Å². The molecule has 0 aliphatic heterocycles. The topological polar surface area (TPSA) is 0 Å². The van der Waals surface area contributed by atoms with Gasteiger partial charge in [-0.1, -0.05) is 0 Å². The Balaban J connectivity index is 2.45. The van der Waals surface area contributed by atoms with Gasteiger partial charge >= 0.3 is 66.0 Å². The van der Waals surface area contributed by atoms with Crippen LogP contribution in [0.1, 0.15) is 13.3 Å². The first-order valence-corrected chi connectivity index (χ1v) is 6.50. The van der Waals surface area contributed by atoms with Crippen LogP contribution in [0.3, 0.4) is 0 Å². The second kappa shape index (κ2) is 7.25. The average molecular weight is 277 g/mol. The molecule has 44 valence electrons. The number of rotatable bonds is 4. The van der Waals surface area contributed by atoms with Crippen LogP contribution in [0.15, 0.2) is 0 Å². The molecule has 0 fully saturated rings. The van der Waals surface area contributed by atoms with Crippen LogP contribution in [0.4, 0.5) is 0 Å². The zero-order valence-electron chi connectivity index (χ0n) is 4.61. The third kappa shape index (κ3) is 7.25. The van der Waals surface area contributed by atoms with E-state index in [9.17, 15) is 0 Å². The minimum atomic E-state index is 0.963. The SMILES string of the molecule is CC[Se]CCCI. The molecule has 0 aromatic carbocycles. The second-order valence-electron chi connectivity index (χ2n) is 1.24. The molecule has 0 spiro atoms. The van der Waals surface area contributed by atoms with E-state index in [1.54, 1.807) is 0 Å². The van der Waals surface area contributed by atoms with Crippen LogP contribution in [-0.2, 0) is 0 Å². The van der Waals surface area contributed by atoms with Crippen molar-refractivity contribution in [2.24, 2.45) is 0 Å². The predicted molar refractivity (Wildman–Crippen MR) is 44.5 cm³/mol.